The van der Waals surface area contributed by atoms with E-state index in [-0.39, 0.29) is 24.8 Å². The summed E-state index contributed by atoms with van der Waals surface area (Å²) in [5.74, 6) is -1.68. The maximum atomic E-state index is 11.9. The minimum atomic E-state index is -1.11. The van der Waals surface area contributed by atoms with Crippen LogP contribution in [0.15, 0.2) is 24.3 Å². The van der Waals surface area contributed by atoms with Gasteiger partial charge in [-0.05, 0) is 24.6 Å². The van der Waals surface area contributed by atoms with Crippen molar-refractivity contribution >= 4 is 23.5 Å². The number of aliphatic carboxylic acids is 1. The Balaban J connectivity index is 2.46. The normalized spacial score (nSPS) is 11.5. The molecule has 1 aromatic carbocycles. The van der Waals surface area contributed by atoms with E-state index in [1.807, 2.05) is 19.1 Å². The molecule has 0 aromatic heterocycles. The summed E-state index contributed by atoms with van der Waals surface area (Å²) in [5, 5.41) is 17.0. The monoisotopic (exact) mass is 307 g/mol. The van der Waals surface area contributed by atoms with E-state index < -0.39 is 12.0 Å². The lowest BCUT2D eigenvalue weighted by atomic mass is 10.2. The van der Waals surface area contributed by atoms with Crippen LogP contribution in [0.25, 0.3) is 0 Å². The summed E-state index contributed by atoms with van der Waals surface area (Å²) in [6, 6.07) is 6.26. The minimum Gasteiger partial charge on any atom is -0.480 e. The van der Waals surface area contributed by atoms with E-state index in [9.17, 15) is 14.4 Å². The van der Waals surface area contributed by atoms with Gasteiger partial charge in [0.05, 0.1) is 6.42 Å². The molecule has 4 N–H and O–H groups in total. The predicted molar refractivity (Wildman–Crippen MR) is 82.5 cm³/mol. The molecule has 1 atom stereocenters. The van der Waals surface area contributed by atoms with Crippen molar-refractivity contribution in [3.63, 3.8) is 0 Å². The average molecular weight is 307 g/mol. The van der Waals surface area contributed by atoms with Gasteiger partial charge in [-0.1, -0.05) is 12.1 Å². The van der Waals surface area contributed by atoms with Gasteiger partial charge in [0, 0.05) is 25.7 Å². The summed E-state index contributed by atoms with van der Waals surface area (Å²) in [6.45, 7) is 3.86. The Kier molecular flexibility index (Phi) is 7.04. The van der Waals surface area contributed by atoms with Crippen LogP contribution in [0.4, 0.5) is 5.69 Å². The third-order valence-corrected chi connectivity index (χ3v) is 2.88. The zero-order valence-corrected chi connectivity index (χ0v) is 12.7. The molecule has 0 fully saturated rings. The number of benzene rings is 1. The SMILES string of the molecule is CC(=O)NCCNC(CC(=O)Nc1cccc(C)c1)C(=O)O. The average Bonchev–Trinajstić information content (AvgIpc) is 2.41. The Morgan fingerprint density at radius 2 is 1.95 bits per heavy atom. The molecule has 2 amide bonds. The van der Waals surface area contributed by atoms with Gasteiger partial charge >= 0.3 is 5.97 Å². The molecule has 0 bridgehead atoms. The van der Waals surface area contributed by atoms with Gasteiger partial charge in [-0.25, -0.2) is 0 Å². The van der Waals surface area contributed by atoms with Crippen molar-refractivity contribution in [1.82, 2.24) is 10.6 Å². The first-order valence-corrected chi connectivity index (χ1v) is 6.95. The molecule has 0 aliphatic heterocycles. The van der Waals surface area contributed by atoms with Crippen molar-refractivity contribution in [3.8, 4) is 0 Å². The van der Waals surface area contributed by atoms with Gasteiger partial charge in [0.15, 0.2) is 0 Å². The fraction of sp³-hybridized carbons (Fsp3) is 0.400. The second kappa shape index (κ2) is 8.78. The van der Waals surface area contributed by atoms with E-state index in [1.54, 1.807) is 12.1 Å². The van der Waals surface area contributed by atoms with E-state index in [4.69, 9.17) is 5.11 Å². The first-order valence-electron chi connectivity index (χ1n) is 6.95. The number of carboxylic acids is 1. The molecule has 1 aromatic rings. The van der Waals surface area contributed by atoms with Gasteiger partial charge in [-0.2, -0.15) is 0 Å². The molecule has 0 aliphatic carbocycles. The molecule has 7 heteroatoms. The Hall–Kier alpha value is -2.41. The molecular weight excluding hydrogens is 286 g/mol. The van der Waals surface area contributed by atoms with E-state index >= 15 is 0 Å². The van der Waals surface area contributed by atoms with E-state index in [0.717, 1.165) is 5.56 Å². The van der Waals surface area contributed by atoms with Crippen molar-refractivity contribution in [2.24, 2.45) is 0 Å². The quantitative estimate of drug-likeness (QED) is 0.523. The number of carboxylic acid groups (broad SMARTS) is 1. The summed E-state index contributed by atoms with van der Waals surface area (Å²) >= 11 is 0. The number of aryl methyl sites for hydroxylation is 1. The Bertz CT molecular complexity index is 545. The highest BCUT2D eigenvalue weighted by Gasteiger charge is 2.20. The number of hydrogen-bond donors (Lipinski definition) is 4. The molecule has 7 nitrogen and oxygen atoms in total. The van der Waals surface area contributed by atoms with Crippen LogP contribution in [0.2, 0.25) is 0 Å². The zero-order chi connectivity index (χ0) is 16.5. The molecule has 0 saturated heterocycles. The maximum absolute atomic E-state index is 11.9. The van der Waals surface area contributed by atoms with Crippen LogP contribution in [0.3, 0.4) is 0 Å². The van der Waals surface area contributed by atoms with Gasteiger partial charge in [0.25, 0.3) is 0 Å². The van der Waals surface area contributed by atoms with Crippen LogP contribution in [-0.2, 0) is 14.4 Å². The van der Waals surface area contributed by atoms with Gasteiger partial charge in [-0.15, -0.1) is 0 Å². The minimum absolute atomic E-state index is 0.189. The third kappa shape index (κ3) is 6.85. The number of nitrogens with one attached hydrogen (secondary N) is 3. The van der Waals surface area contributed by atoms with E-state index in [0.29, 0.717) is 12.2 Å². The second-order valence-electron chi connectivity index (χ2n) is 4.95. The lowest BCUT2D eigenvalue weighted by Gasteiger charge is -2.14. The standard InChI is InChI=1S/C15H21N3O4/c1-10-4-3-5-12(8-10)18-14(20)9-13(15(21)22)17-7-6-16-11(2)19/h3-5,8,13,17H,6-7,9H2,1-2H3,(H,16,19)(H,18,20)(H,21,22). The lowest BCUT2D eigenvalue weighted by Crippen LogP contribution is -2.43. The largest absolute Gasteiger partial charge is 0.480 e. The highest BCUT2D eigenvalue weighted by molar-refractivity contribution is 5.94. The van der Waals surface area contributed by atoms with Crippen molar-refractivity contribution in [3.05, 3.63) is 29.8 Å². The summed E-state index contributed by atoms with van der Waals surface area (Å²) in [6.07, 6.45) is -0.191. The van der Waals surface area contributed by atoms with Crippen LogP contribution < -0.4 is 16.0 Å². The van der Waals surface area contributed by atoms with Crippen molar-refractivity contribution in [2.75, 3.05) is 18.4 Å². The van der Waals surface area contributed by atoms with Crippen LogP contribution in [-0.4, -0.2) is 42.0 Å². The van der Waals surface area contributed by atoms with Crippen LogP contribution in [0.1, 0.15) is 18.9 Å². The summed E-state index contributed by atoms with van der Waals surface area (Å²) in [4.78, 5) is 33.7. The van der Waals surface area contributed by atoms with E-state index in [1.165, 1.54) is 6.92 Å². The number of carbonyl (C=O) groups is 3. The molecule has 1 unspecified atom stereocenters. The Labute approximate surface area is 129 Å². The van der Waals surface area contributed by atoms with E-state index in [2.05, 4.69) is 16.0 Å². The van der Waals surface area contributed by atoms with Gasteiger partial charge in [0.2, 0.25) is 11.8 Å². The van der Waals surface area contributed by atoms with Crippen LogP contribution in [0.5, 0.6) is 0 Å². The fourth-order valence-corrected chi connectivity index (χ4v) is 1.85. The van der Waals surface area contributed by atoms with Crippen molar-refractivity contribution in [2.45, 2.75) is 26.3 Å². The summed E-state index contributed by atoms with van der Waals surface area (Å²) in [5.41, 5.74) is 1.63. The smallest absolute Gasteiger partial charge is 0.321 e. The zero-order valence-electron chi connectivity index (χ0n) is 12.7. The molecule has 0 radical (unpaired) electrons. The molecule has 0 heterocycles. The molecule has 120 valence electrons. The van der Waals surface area contributed by atoms with Gasteiger partial charge < -0.3 is 21.1 Å². The lowest BCUT2D eigenvalue weighted by molar-refractivity contribution is -0.141. The van der Waals surface area contributed by atoms with Crippen molar-refractivity contribution < 1.29 is 19.5 Å². The number of hydrogen-bond acceptors (Lipinski definition) is 4. The third-order valence-electron chi connectivity index (χ3n) is 2.88. The molecular formula is C15H21N3O4. The fourth-order valence-electron chi connectivity index (χ4n) is 1.85. The number of amides is 2. The number of rotatable bonds is 8. The summed E-state index contributed by atoms with van der Waals surface area (Å²) < 4.78 is 0. The number of carbonyl (C=O) groups excluding carboxylic acids is 2. The van der Waals surface area contributed by atoms with Gasteiger partial charge in [-0.3, -0.25) is 14.4 Å². The highest BCUT2D eigenvalue weighted by Crippen LogP contribution is 2.10. The highest BCUT2D eigenvalue weighted by atomic mass is 16.4. The first-order chi connectivity index (χ1) is 10.4. The van der Waals surface area contributed by atoms with Crippen LogP contribution >= 0.6 is 0 Å². The van der Waals surface area contributed by atoms with Crippen LogP contribution in [0, 0.1) is 6.92 Å². The predicted octanol–water partition coefficient (Wildman–Crippen LogP) is 0.503. The molecule has 0 aliphatic rings. The number of anilines is 1. The molecule has 1 rings (SSSR count). The Morgan fingerprint density at radius 1 is 1.23 bits per heavy atom. The van der Waals surface area contributed by atoms with Crippen molar-refractivity contribution in [1.29, 1.82) is 0 Å². The first kappa shape index (κ1) is 17.6. The maximum Gasteiger partial charge on any atom is 0.321 e. The second-order valence-corrected chi connectivity index (χ2v) is 4.95. The summed E-state index contributed by atoms with van der Waals surface area (Å²) in [7, 11) is 0. The van der Waals surface area contributed by atoms with Gasteiger partial charge in [0.1, 0.15) is 6.04 Å². The topological polar surface area (TPSA) is 108 Å². The molecule has 0 saturated carbocycles. The molecule has 0 spiro atoms. The Morgan fingerprint density at radius 3 is 2.55 bits per heavy atom. The molecule has 22 heavy (non-hydrogen) atoms.